The summed E-state index contributed by atoms with van der Waals surface area (Å²) >= 11 is 0. The van der Waals surface area contributed by atoms with Gasteiger partial charge in [-0.15, -0.1) is 0 Å². The predicted octanol–water partition coefficient (Wildman–Crippen LogP) is 2.13. The van der Waals surface area contributed by atoms with Crippen LogP contribution in [-0.4, -0.2) is 42.0 Å². The number of benzene rings is 1. The molecule has 0 saturated carbocycles. The lowest BCUT2D eigenvalue weighted by molar-refractivity contribution is 0.219. The Hall–Kier alpha value is -2.47. The molecule has 3 aromatic rings. The molecule has 3 heterocycles. The molecule has 1 fully saturated rings. The van der Waals surface area contributed by atoms with Gasteiger partial charge in [0, 0.05) is 25.0 Å². The van der Waals surface area contributed by atoms with Crippen LogP contribution in [0.15, 0.2) is 55.4 Å². The van der Waals surface area contributed by atoms with Crippen LogP contribution >= 0.6 is 0 Å². The fourth-order valence-electron chi connectivity index (χ4n) is 3.26. The summed E-state index contributed by atoms with van der Waals surface area (Å²) in [4.78, 5) is 6.58. The van der Waals surface area contributed by atoms with Crippen molar-refractivity contribution in [2.24, 2.45) is 0 Å². The first-order chi connectivity index (χ1) is 11.4. The highest BCUT2D eigenvalue weighted by atomic mass is 15.3. The van der Waals surface area contributed by atoms with E-state index in [1.807, 2.05) is 21.6 Å². The summed E-state index contributed by atoms with van der Waals surface area (Å²) in [6.07, 6.45) is 9.65. The quantitative estimate of drug-likeness (QED) is 0.724. The van der Waals surface area contributed by atoms with Crippen LogP contribution in [0.1, 0.15) is 18.4 Å². The molecule has 0 unspecified atom stereocenters. The number of likely N-dealkylation sites (tertiary alicyclic amines) is 1. The van der Waals surface area contributed by atoms with Gasteiger partial charge in [0.05, 0.1) is 12.2 Å². The molecule has 23 heavy (non-hydrogen) atoms. The molecular formula is C17H20N6. The Bertz CT molecular complexity index is 717. The SMILES string of the molecule is c1cnn(-c2ccc(CN3CCC[C@H]3Cn3cncn3)cc2)c1. The lowest BCUT2D eigenvalue weighted by Gasteiger charge is -2.24. The van der Waals surface area contributed by atoms with Gasteiger partial charge in [-0.3, -0.25) is 9.58 Å². The lowest BCUT2D eigenvalue weighted by Crippen LogP contribution is -2.32. The molecular weight excluding hydrogens is 288 g/mol. The van der Waals surface area contributed by atoms with Crippen LogP contribution in [0.3, 0.4) is 0 Å². The van der Waals surface area contributed by atoms with Crippen LogP contribution in [-0.2, 0) is 13.1 Å². The van der Waals surface area contributed by atoms with E-state index < -0.39 is 0 Å². The van der Waals surface area contributed by atoms with Gasteiger partial charge in [-0.05, 0) is 43.1 Å². The van der Waals surface area contributed by atoms with Crippen molar-refractivity contribution < 1.29 is 0 Å². The Labute approximate surface area is 135 Å². The molecule has 0 spiro atoms. The fraction of sp³-hybridized carbons (Fsp3) is 0.353. The van der Waals surface area contributed by atoms with E-state index >= 15 is 0 Å². The van der Waals surface area contributed by atoms with E-state index in [1.165, 1.54) is 18.4 Å². The Morgan fingerprint density at radius 3 is 2.78 bits per heavy atom. The van der Waals surface area contributed by atoms with Gasteiger partial charge in [0.15, 0.2) is 0 Å². The molecule has 0 aliphatic carbocycles. The van der Waals surface area contributed by atoms with Crippen molar-refractivity contribution in [1.29, 1.82) is 0 Å². The second-order valence-electron chi connectivity index (χ2n) is 6.00. The zero-order chi connectivity index (χ0) is 15.5. The van der Waals surface area contributed by atoms with Crippen LogP contribution in [0.2, 0.25) is 0 Å². The summed E-state index contributed by atoms with van der Waals surface area (Å²) < 4.78 is 3.82. The highest BCUT2D eigenvalue weighted by molar-refractivity contribution is 5.33. The van der Waals surface area contributed by atoms with Crippen molar-refractivity contribution in [2.45, 2.75) is 32.0 Å². The minimum atomic E-state index is 0.544. The second kappa shape index (κ2) is 6.34. The zero-order valence-electron chi connectivity index (χ0n) is 13.0. The molecule has 0 amide bonds. The van der Waals surface area contributed by atoms with E-state index in [0.29, 0.717) is 6.04 Å². The van der Waals surface area contributed by atoms with E-state index in [2.05, 4.69) is 44.3 Å². The third-order valence-corrected chi connectivity index (χ3v) is 4.45. The fourth-order valence-corrected chi connectivity index (χ4v) is 3.26. The molecule has 0 radical (unpaired) electrons. The Kier molecular flexibility index (Phi) is 3.90. The zero-order valence-corrected chi connectivity index (χ0v) is 13.0. The third kappa shape index (κ3) is 3.17. The van der Waals surface area contributed by atoms with Crippen LogP contribution in [0.5, 0.6) is 0 Å². The van der Waals surface area contributed by atoms with Crippen LogP contribution < -0.4 is 0 Å². The molecule has 2 aromatic heterocycles. The van der Waals surface area contributed by atoms with E-state index in [9.17, 15) is 0 Å². The van der Waals surface area contributed by atoms with Crippen molar-refractivity contribution >= 4 is 0 Å². The molecule has 1 saturated heterocycles. The molecule has 1 aliphatic heterocycles. The normalized spacial score (nSPS) is 18.5. The number of hydrogen-bond donors (Lipinski definition) is 0. The van der Waals surface area contributed by atoms with Crippen molar-refractivity contribution in [1.82, 2.24) is 29.4 Å². The first kappa shape index (κ1) is 14.1. The monoisotopic (exact) mass is 308 g/mol. The minimum absolute atomic E-state index is 0.544. The Balaban J connectivity index is 1.42. The maximum atomic E-state index is 4.26. The summed E-state index contributed by atoms with van der Waals surface area (Å²) in [5.41, 5.74) is 2.44. The van der Waals surface area contributed by atoms with Crippen molar-refractivity contribution in [3.63, 3.8) is 0 Å². The highest BCUT2D eigenvalue weighted by Crippen LogP contribution is 2.21. The van der Waals surface area contributed by atoms with E-state index in [1.54, 1.807) is 18.9 Å². The average molecular weight is 308 g/mol. The van der Waals surface area contributed by atoms with Gasteiger partial charge < -0.3 is 0 Å². The molecule has 6 heteroatoms. The van der Waals surface area contributed by atoms with Gasteiger partial charge in [-0.2, -0.15) is 10.2 Å². The molecule has 0 N–H and O–H groups in total. The van der Waals surface area contributed by atoms with Gasteiger partial charge in [0.2, 0.25) is 0 Å². The van der Waals surface area contributed by atoms with E-state index in [0.717, 1.165) is 25.3 Å². The van der Waals surface area contributed by atoms with Crippen LogP contribution in [0.4, 0.5) is 0 Å². The molecule has 118 valence electrons. The molecule has 0 bridgehead atoms. The molecule has 6 nitrogen and oxygen atoms in total. The summed E-state index contributed by atoms with van der Waals surface area (Å²) in [6.45, 7) is 3.06. The van der Waals surface area contributed by atoms with Gasteiger partial charge >= 0.3 is 0 Å². The average Bonchev–Trinajstić information content (AvgIpc) is 3.32. The number of aromatic nitrogens is 5. The summed E-state index contributed by atoms with van der Waals surface area (Å²) in [5, 5.41) is 8.49. The summed E-state index contributed by atoms with van der Waals surface area (Å²) in [7, 11) is 0. The standard InChI is InChI=1S/C17H20N6/c1-3-17(12-22-14-18-13-20-22)21(9-1)11-15-4-6-16(7-5-15)23-10-2-8-19-23/h2,4-8,10,13-14,17H,1,3,9,11-12H2/t17-/m0/s1. The van der Waals surface area contributed by atoms with Crippen LogP contribution in [0.25, 0.3) is 5.69 Å². The lowest BCUT2D eigenvalue weighted by atomic mass is 10.1. The van der Waals surface area contributed by atoms with Gasteiger partial charge in [-0.1, -0.05) is 12.1 Å². The molecule has 1 aliphatic rings. The first-order valence-corrected chi connectivity index (χ1v) is 8.04. The maximum Gasteiger partial charge on any atom is 0.137 e. The Morgan fingerprint density at radius 1 is 1.13 bits per heavy atom. The van der Waals surface area contributed by atoms with Gasteiger partial charge in [0.25, 0.3) is 0 Å². The van der Waals surface area contributed by atoms with Gasteiger partial charge in [0.1, 0.15) is 12.7 Å². The smallest absolute Gasteiger partial charge is 0.137 e. The molecule has 1 aromatic carbocycles. The minimum Gasteiger partial charge on any atom is -0.294 e. The van der Waals surface area contributed by atoms with E-state index in [4.69, 9.17) is 0 Å². The largest absolute Gasteiger partial charge is 0.294 e. The second-order valence-corrected chi connectivity index (χ2v) is 6.00. The van der Waals surface area contributed by atoms with Gasteiger partial charge in [-0.25, -0.2) is 9.67 Å². The maximum absolute atomic E-state index is 4.26. The number of hydrogen-bond acceptors (Lipinski definition) is 4. The van der Waals surface area contributed by atoms with Crippen LogP contribution in [0, 0.1) is 0 Å². The topological polar surface area (TPSA) is 51.8 Å². The Morgan fingerprint density at radius 2 is 2.04 bits per heavy atom. The predicted molar refractivity (Wildman–Crippen MR) is 87.0 cm³/mol. The molecule has 1 atom stereocenters. The van der Waals surface area contributed by atoms with Crippen molar-refractivity contribution in [3.05, 3.63) is 60.9 Å². The van der Waals surface area contributed by atoms with Crippen molar-refractivity contribution in [2.75, 3.05) is 6.54 Å². The number of nitrogens with zero attached hydrogens (tertiary/aromatic N) is 6. The molecule has 4 rings (SSSR count). The van der Waals surface area contributed by atoms with Crippen molar-refractivity contribution in [3.8, 4) is 5.69 Å². The first-order valence-electron chi connectivity index (χ1n) is 8.04. The van der Waals surface area contributed by atoms with E-state index in [-0.39, 0.29) is 0 Å². The highest BCUT2D eigenvalue weighted by Gasteiger charge is 2.24. The number of rotatable bonds is 5. The summed E-state index contributed by atoms with van der Waals surface area (Å²) in [6, 6.07) is 11.1. The summed E-state index contributed by atoms with van der Waals surface area (Å²) in [5.74, 6) is 0. The third-order valence-electron chi connectivity index (χ3n) is 4.45.